The molecule has 0 radical (unpaired) electrons. The van der Waals surface area contributed by atoms with Crippen LogP contribution in [0.2, 0.25) is 0 Å². The predicted molar refractivity (Wildman–Crippen MR) is 67.0 cm³/mol. The van der Waals surface area contributed by atoms with Gasteiger partial charge >= 0.3 is 16.5 Å². The molecule has 0 spiro atoms. The normalized spacial score (nSPS) is 7.47. The number of rotatable bonds is 8. The first-order chi connectivity index (χ1) is 6.83. The van der Waals surface area contributed by atoms with Gasteiger partial charge < -0.3 is 10.6 Å². The van der Waals surface area contributed by atoms with E-state index in [4.69, 9.17) is 0 Å². The van der Waals surface area contributed by atoms with Crippen LogP contribution in [-0.4, -0.2) is 26.2 Å². The fourth-order valence-corrected chi connectivity index (χ4v) is 0.514. The Morgan fingerprint density at radius 3 is 0.933 bits per heavy atom. The molecular formula is C12H20N2Ni. The molecular weight excluding hydrogens is 231 g/mol. The zero-order chi connectivity index (χ0) is 11.1. The van der Waals surface area contributed by atoms with Crippen LogP contribution in [0.5, 0.6) is 0 Å². The summed E-state index contributed by atoms with van der Waals surface area (Å²) in [4.78, 5) is 0. The van der Waals surface area contributed by atoms with E-state index in [1.165, 1.54) is 0 Å². The summed E-state index contributed by atoms with van der Waals surface area (Å²) in [5.74, 6) is 0. The van der Waals surface area contributed by atoms with Gasteiger partial charge in [-0.05, 0) is 0 Å². The summed E-state index contributed by atoms with van der Waals surface area (Å²) in [7, 11) is 0. The Bertz CT molecular complexity index is 122. The average Bonchev–Trinajstić information content (AvgIpc) is 2.21. The Balaban J connectivity index is -0.000000180. The molecule has 0 rings (SSSR count). The summed E-state index contributed by atoms with van der Waals surface area (Å²) in [5.41, 5.74) is 0. The minimum atomic E-state index is 0. The largest absolute Gasteiger partial charge is 2.00 e. The number of hydrogen-bond acceptors (Lipinski definition) is 0. The molecule has 0 atom stereocenters. The zero-order valence-corrected chi connectivity index (χ0v) is 10.2. The molecule has 0 saturated carbocycles. The molecule has 0 aliphatic rings. The van der Waals surface area contributed by atoms with Crippen LogP contribution < -0.4 is 0 Å². The van der Waals surface area contributed by atoms with Crippen LogP contribution in [0.1, 0.15) is 0 Å². The zero-order valence-electron chi connectivity index (χ0n) is 9.18. The van der Waals surface area contributed by atoms with Crippen molar-refractivity contribution in [2.24, 2.45) is 0 Å². The molecule has 0 bridgehead atoms. The monoisotopic (exact) mass is 250 g/mol. The molecule has 0 fully saturated rings. The quantitative estimate of drug-likeness (QED) is 0.359. The van der Waals surface area contributed by atoms with Gasteiger partial charge in [0.2, 0.25) is 0 Å². The molecule has 15 heavy (non-hydrogen) atoms. The van der Waals surface area contributed by atoms with Crippen molar-refractivity contribution in [2.75, 3.05) is 26.2 Å². The van der Waals surface area contributed by atoms with Crippen molar-refractivity contribution >= 4 is 0 Å². The summed E-state index contributed by atoms with van der Waals surface area (Å²) in [6.07, 6.45) is 7.07. The van der Waals surface area contributed by atoms with E-state index in [1.54, 1.807) is 24.3 Å². The summed E-state index contributed by atoms with van der Waals surface area (Å²) < 4.78 is 0. The number of nitrogens with zero attached hydrogens (tertiary/aromatic N) is 2. The van der Waals surface area contributed by atoms with Gasteiger partial charge in [0.25, 0.3) is 0 Å². The molecule has 0 aliphatic heterocycles. The van der Waals surface area contributed by atoms with Gasteiger partial charge in [0.1, 0.15) is 0 Å². The first kappa shape index (κ1) is 19.9. The van der Waals surface area contributed by atoms with Gasteiger partial charge in [-0.25, -0.2) is 0 Å². The fraction of sp³-hybridized carbons (Fsp3) is 0.333. The Labute approximate surface area is 104 Å². The third-order valence-corrected chi connectivity index (χ3v) is 1.03. The SMILES string of the molecule is C=CC[N-]CC=C.C=CC[N-]CC=C.[Ni+2]. The van der Waals surface area contributed by atoms with Crippen LogP contribution >= 0.6 is 0 Å². The van der Waals surface area contributed by atoms with Gasteiger partial charge in [-0.2, -0.15) is 0 Å². The minimum absolute atomic E-state index is 0. The summed E-state index contributed by atoms with van der Waals surface area (Å²) in [5, 5.41) is 7.94. The second-order valence-corrected chi connectivity index (χ2v) is 2.33. The average molecular weight is 251 g/mol. The van der Waals surface area contributed by atoms with Crippen LogP contribution in [-0.2, 0) is 16.5 Å². The molecule has 0 amide bonds. The summed E-state index contributed by atoms with van der Waals surface area (Å²) in [6.45, 7) is 17.0. The van der Waals surface area contributed by atoms with E-state index in [0.29, 0.717) is 0 Å². The van der Waals surface area contributed by atoms with Crippen molar-refractivity contribution in [1.29, 1.82) is 0 Å². The van der Waals surface area contributed by atoms with Gasteiger partial charge in [0.15, 0.2) is 0 Å². The Morgan fingerprint density at radius 1 is 0.600 bits per heavy atom. The Morgan fingerprint density at radius 2 is 0.800 bits per heavy atom. The third kappa shape index (κ3) is 31.8. The van der Waals surface area contributed by atoms with E-state index in [9.17, 15) is 0 Å². The Hall–Kier alpha value is -0.626. The molecule has 0 heterocycles. The van der Waals surface area contributed by atoms with Gasteiger partial charge in [0.05, 0.1) is 0 Å². The molecule has 0 N–H and O–H groups in total. The molecule has 88 valence electrons. The predicted octanol–water partition coefficient (Wildman–Crippen LogP) is 3.46. The van der Waals surface area contributed by atoms with Crippen LogP contribution in [0.15, 0.2) is 50.6 Å². The first-order valence-electron chi connectivity index (χ1n) is 4.53. The first-order valence-corrected chi connectivity index (χ1v) is 4.53. The second kappa shape index (κ2) is 23.3. The van der Waals surface area contributed by atoms with Crippen molar-refractivity contribution in [2.45, 2.75) is 0 Å². The van der Waals surface area contributed by atoms with E-state index in [1.807, 2.05) is 0 Å². The molecule has 0 unspecified atom stereocenters. The van der Waals surface area contributed by atoms with Crippen molar-refractivity contribution < 1.29 is 16.5 Å². The molecule has 0 aromatic rings. The molecule has 0 aliphatic carbocycles. The standard InChI is InChI=1S/2C6H10N.Ni/c2*1-3-5-7-6-4-2;/h2*3-4H,1-2,5-6H2;/q2*-1;+2. The smallest absolute Gasteiger partial charge is 0.656 e. The topological polar surface area (TPSA) is 28.2 Å². The van der Waals surface area contributed by atoms with E-state index in [0.717, 1.165) is 26.2 Å². The minimum Gasteiger partial charge on any atom is -0.656 e. The molecule has 3 heteroatoms. The molecule has 2 nitrogen and oxygen atoms in total. The van der Waals surface area contributed by atoms with Crippen molar-refractivity contribution in [3.63, 3.8) is 0 Å². The Kier molecular flexibility index (Phi) is 30.9. The van der Waals surface area contributed by atoms with E-state index in [2.05, 4.69) is 36.9 Å². The van der Waals surface area contributed by atoms with Gasteiger partial charge in [-0.1, -0.05) is 0 Å². The van der Waals surface area contributed by atoms with Gasteiger partial charge in [-0.3, -0.25) is 0 Å². The van der Waals surface area contributed by atoms with E-state index >= 15 is 0 Å². The summed E-state index contributed by atoms with van der Waals surface area (Å²) >= 11 is 0. The maximum absolute atomic E-state index is 3.97. The van der Waals surface area contributed by atoms with Crippen molar-refractivity contribution in [1.82, 2.24) is 0 Å². The summed E-state index contributed by atoms with van der Waals surface area (Å²) in [6, 6.07) is 0. The number of hydrogen-bond donors (Lipinski definition) is 0. The molecule has 0 aromatic heterocycles. The maximum Gasteiger partial charge on any atom is 2.00 e. The van der Waals surface area contributed by atoms with Crippen molar-refractivity contribution in [3.8, 4) is 0 Å². The van der Waals surface area contributed by atoms with Crippen LogP contribution in [0.25, 0.3) is 10.6 Å². The van der Waals surface area contributed by atoms with Gasteiger partial charge in [0, 0.05) is 0 Å². The van der Waals surface area contributed by atoms with E-state index in [-0.39, 0.29) is 16.5 Å². The second-order valence-electron chi connectivity index (χ2n) is 2.33. The molecule has 0 saturated heterocycles. The van der Waals surface area contributed by atoms with E-state index < -0.39 is 0 Å². The third-order valence-electron chi connectivity index (χ3n) is 1.03. The van der Waals surface area contributed by atoms with Crippen LogP contribution in [0, 0.1) is 0 Å². The van der Waals surface area contributed by atoms with Crippen LogP contribution in [0.3, 0.4) is 0 Å². The van der Waals surface area contributed by atoms with Crippen molar-refractivity contribution in [3.05, 3.63) is 61.3 Å². The van der Waals surface area contributed by atoms with Gasteiger partial charge in [-0.15, -0.1) is 76.8 Å². The maximum atomic E-state index is 3.97. The molecule has 0 aromatic carbocycles. The van der Waals surface area contributed by atoms with Crippen LogP contribution in [0.4, 0.5) is 0 Å². The fourth-order valence-electron chi connectivity index (χ4n) is 0.514.